The first-order valence-electron chi connectivity index (χ1n) is 8.78. The van der Waals surface area contributed by atoms with Gasteiger partial charge in [0.2, 0.25) is 0 Å². The summed E-state index contributed by atoms with van der Waals surface area (Å²) in [7, 11) is 1.81. The summed E-state index contributed by atoms with van der Waals surface area (Å²) in [6.07, 6.45) is 6.97. The highest BCUT2D eigenvalue weighted by Crippen LogP contribution is 2.35. The van der Waals surface area contributed by atoms with Gasteiger partial charge in [0.25, 0.3) is 5.91 Å². The summed E-state index contributed by atoms with van der Waals surface area (Å²) in [5, 5.41) is 8.36. The number of rotatable bonds is 3. The van der Waals surface area contributed by atoms with Crippen molar-refractivity contribution in [3.63, 3.8) is 0 Å². The van der Waals surface area contributed by atoms with E-state index in [0.29, 0.717) is 5.56 Å². The van der Waals surface area contributed by atoms with Gasteiger partial charge in [-0.25, -0.2) is 9.97 Å². The van der Waals surface area contributed by atoms with Crippen molar-refractivity contribution in [3.05, 3.63) is 34.7 Å². The Labute approximate surface area is 156 Å². The fourth-order valence-electron chi connectivity index (χ4n) is 3.50. The van der Waals surface area contributed by atoms with Crippen molar-refractivity contribution in [2.45, 2.75) is 32.7 Å². The second-order valence-electron chi connectivity index (χ2n) is 6.82. The van der Waals surface area contributed by atoms with E-state index in [1.54, 1.807) is 34.7 Å². The van der Waals surface area contributed by atoms with Crippen LogP contribution in [0.5, 0.6) is 0 Å². The van der Waals surface area contributed by atoms with Crippen LogP contribution in [0.4, 0.5) is 5.82 Å². The van der Waals surface area contributed by atoms with Crippen LogP contribution in [0.1, 0.15) is 33.6 Å². The van der Waals surface area contributed by atoms with Crippen molar-refractivity contribution >= 4 is 33.3 Å². The summed E-state index contributed by atoms with van der Waals surface area (Å²) in [5.41, 5.74) is 1.85. The average molecular weight is 370 g/mol. The lowest BCUT2D eigenvalue weighted by Crippen LogP contribution is -2.48. The lowest BCUT2D eigenvalue weighted by Gasteiger charge is -2.34. The molecular weight excluding hydrogens is 348 g/mol. The third-order valence-electron chi connectivity index (χ3n) is 4.97. The molecular formula is C18H22N6OS. The van der Waals surface area contributed by atoms with Crippen LogP contribution >= 0.6 is 11.3 Å². The van der Waals surface area contributed by atoms with Gasteiger partial charge in [-0.1, -0.05) is 0 Å². The summed E-state index contributed by atoms with van der Waals surface area (Å²) >= 11 is 1.71. The number of carbonyl (C=O) groups excluding carboxylic acids is 1. The maximum atomic E-state index is 12.4. The topological polar surface area (TPSA) is 75.9 Å². The molecule has 0 aromatic carbocycles. The average Bonchev–Trinajstić information content (AvgIpc) is 3.19. The first-order chi connectivity index (χ1) is 12.5. The Hall–Kier alpha value is -2.48. The van der Waals surface area contributed by atoms with Crippen molar-refractivity contribution in [3.8, 4) is 0 Å². The molecule has 1 fully saturated rings. The van der Waals surface area contributed by atoms with E-state index in [1.807, 2.05) is 7.05 Å². The Kier molecular flexibility index (Phi) is 4.36. The van der Waals surface area contributed by atoms with Gasteiger partial charge in [-0.3, -0.25) is 9.48 Å². The molecule has 26 heavy (non-hydrogen) atoms. The van der Waals surface area contributed by atoms with E-state index >= 15 is 0 Å². The second-order valence-corrected chi connectivity index (χ2v) is 8.03. The van der Waals surface area contributed by atoms with Crippen LogP contribution in [0, 0.1) is 13.8 Å². The van der Waals surface area contributed by atoms with E-state index < -0.39 is 0 Å². The first kappa shape index (κ1) is 17.0. The molecule has 4 heterocycles. The van der Waals surface area contributed by atoms with Crippen molar-refractivity contribution < 1.29 is 4.79 Å². The van der Waals surface area contributed by atoms with Gasteiger partial charge in [-0.15, -0.1) is 11.3 Å². The Balaban J connectivity index is 1.55. The largest absolute Gasteiger partial charge is 0.354 e. The molecule has 7 nitrogen and oxygen atoms in total. The zero-order chi connectivity index (χ0) is 18.3. The highest BCUT2D eigenvalue weighted by atomic mass is 32.1. The molecule has 1 saturated heterocycles. The first-order valence-corrected chi connectivity index (χ1v) is 9.59. The molecule has 3 aromatic rings. The molecule has 3 aromatic heterocycles. The number of aromatic nitrogens is 4. The lowest BCUT2D eigenvalue weighted by atomic mass is 10.0. The zero-order valence-corrected chi connectivity index (χ0v) is 16.0. The number of carbonyl (C=O) groups is 1. The fraction of sp³-hybridized carbons (Fsp3) is 0.444. The van der Waals surface area contributed by atoms with Crippen LogP contribution < -0.4 is 10.2 Å². The minimum absolute atomic E-state index is 0.0691. The lowest BCUT2D eigenvalue weighted by molar-refractivity contribution is 0.0933. The van der Waals surface area contributed by atoms with Crippen molar-refractivity contribution in [1.29, 1.82) is 0 Å². The number of piperidine rings is 1. The number of anilines is 1. The normalized spacial score (nSPS) is 17.7. The molecule has 0 bridgehead atoms. The molecule has 0 aliphatic carbocycles. The van der Waals surface area contributed by atoms with Gasteiger partial charge in [-0.2, -0.15) is 5.10 Å². The number of nitrogens with zero attached hydrogens (tertiary/aromatic N) is 5. The van der Waals surface area contributed by atoms with E-state index in [9.17, 15) is 4.79 Å². The molecule has 0 radical (unpaired) electrons. The van der Waals surface area contributed by atoms with Gasteiger partial charge in [-0.05, 0) is 32.3 Å². The molecule has 1 atom stereocenters. The van der Waals surface area contributed by atoms with E-state index in [0.717, 1.165) is 42.0 Å². The summed E-state index contributed by atoms with van der Waals surface area (Å²) in [6, 6.07) is 0.0986. The minimum atomic E-state index is -0.0691. The van der Waals surface area contributed by atoms with Gasteiger partial charge in [0, 0.05) is 37.3 Å². The molecule has 1 unspecified atom stereocenters. The SMILES string of the molecule is Cc1sc2ncnc(N3CCCC(NC(=O)c4cnn(C)c4)C3)c2c1C. The van der Waals surface area contributed by atoms with E-state index in [4.69, 9.17) is 0 Å². The predicted octanol–water partition coefficient (Wildman–Crippen LogP) is 2.44. The van der Waals surface area contributed by atoms with Crippen LogP contribution in [0.2, 0.25) is 0 Å². The quantitative estimate of drug-likeness (QED) is 0.766. The Morgan fingerprint density at radius 1 is 1.35 bits per heavy atom. The second kappa shape index (κ2) is 6.68. The molecule has 1 amide bonds. The van der Waals surface area contributed by atoms with Gasteiger partial charge in [0.05, 0.1) is 17.1 Å². The third kappa shape index (κ3) is 3.05. The summed E-state index contributed by atoms with van der Waals surface area (Å²) in [6.45, 7) is 5.96. The van der Waals surface area contributed by atoms with Gasteiger partial charge >= 0.3 is 0 Å². The van der Waals surface area contributed by atoms with Gasteiger partial charge in [0.15, 0.2) is 0 Å². The highest BCUT2D eigenvalue weighted by molar-refractivity contribution is 7.18. The summed E-state index contributed by atoms with van der Waals surface area (Å²) in [5.74, 6) is 0.914. The van der Waals surface area contributed by atoms with Crippen molar-refractivity contribution in [1.82, 2.24) is 25.1 Å². The van der Waals surface area contributed by atoms with Crippen LogP contribution in [0.25, 0.3) is 10.2 Å². The van der Waals surface area contributed by atoms with E-state index in [1.165, 1.54) is 10.4 Å². The number of nitrogens with one attached hydrogen (secondary N) is 1. The zero-order valence-electron chi connectivity index (χ0n) is 15.2. The van der Waals surface area contributed by atoms with Crippen molar-refractivity contribution in [2.75, 3.05) is 18.0 Å². The standard InChI is InChI=1S/C18H22N6OS/c1-11-12(2)26-18-15(11)16(19-10-20-18)24-6-4-5-14(9-24)22-17(25)13-7-21-23(3)8-13/h7-8,10,14H,4-6,9H2,1-3H3,(H,22,25). The molecule has 4 rings (SSSR count). The number of thiophene rings is 1. The number of hydrogen-bond donors (Lipinski definition) is 1. The van der Waals surface area contributed by atoms with E-state index in [2.05, 4.69) is 39.1 Å². The molecule has 1 aliphatic heterocycles. The van der Waals surface area contributed by atoms with Gasteiger partial charge in [0.1, 0.15) is 17.0 Å². The number of amides is 1. The van der Waals surface area contributed by atoms with Crippen LogP contribution in [0.15, 0.2) is 18.7 Å². The number of aryl methyl sites for hydroxylation is 3. The van der Waals surface area contributed by atoms with Crippen LogP contribution in [0.3, 0.4) is 0 Å². The third-order valence-corrected chi connectivity index (χ3v) is 6.08. The molecule has 0 saturated carbocycles. The molecule has 8 heteroatoms. The highest BCUT2D eigenvalue weighted by Gasteiger charge is 2.25. The predicted molar refractivity (Wildman–Crippen MR) is 103 cm³/mol. The fourth-order valence-corrected chi connectivity index (χ4v) is 4.49. The summed E-state index contributed by atoms with van der Waals surface area (Å²) in [4.78, 5) is 26.0. The Morgan fingerprint density at radius 2 is 2.19 bits per heavy atom. The summed E-state index contributed by atoms with van der Waals surface area (Å²) < 4.78 is 1.64. The van der Waals surface area contributed by atoms with Crippen molar-refractivity contribution in [2.24, 2.45) is 7.05 Å². The molecule has 136 valence electrons. The van der Waals surface area contributed by atoms with Crippen LogP contribution in [-0.2, 0) is 7.05 Å². The smallest absolute Gasteiger partial charge is 0.254 e. The minimum Gasteiger partial charge on any atom is -0.354 e. The maximum Gasteiger partial charge on any atom is 0.254 e. The Bertz CT molecular complexity index is 962. The van der Waals surface area contributed by atoms with Gasteiger partial charge < -0.3 is 10.2 Å². The molecule has 1 N–H and O–H groups in total. The maximum absolute atomic E-state index is 12.4. The monoisotopic (exact) mass is 370 g/mol. The Morgan fingerprint density at radius 3 is 2.96 bits per heavy atom. The number of hydrogen-bond acceptors (Lipinski definition) is 6. The molecule has 1 aliphatic rings. The molecule has 0 spiro atoms. The number of fused-ring (bicyclic) bond motifs is 1. The van der Waals surface area contributed by atoms with Crippen LogP contribution in [-0.4, -0.2) is 44.8 Å². The van der Waals surface area contributed by atoms with E-state index in [-0.39, 0.29) is 11.9 Å².